The highest BCUT2D eigenvalue weighted by molar-refractivity contribution is 5.86. The van der Waals surface area contributed by atoms with Gasteiger partial charge in [-0.05, 0) is 66.8 Å². The van der Waals surface area contributed by atoms with E-state index in [0.717, 1.165) is 17.3 Å². The molecule has 6 rings (SSSR count). The van der Waals surface area contributed by atoms with Crippen molar-refractivity contribution in [2.24, 2.45) is 0 Å². The summed E-state index contributed by atoms with van der Waals surface area (Å²) < 4.78 is 5.65. The lowest BCUT2D eigenvalue weighted by molar-refractivity contribution is 0.314. The summed E-state index contributed by atoms with van der Waals surface area (Å²) in [5, 5.41) is 10.9. The van der Waals surface area contributed by atoms with Crippen molar-refractivity contribution in [1.82, 2.24) is 15.5 Å². The number of nitrogens with zero attached hydrogens (tertiary/aromatic N) is 2. The third kappa shape index (κ3) is 4.97. The van der Waals surface area contributed by atoms with Crippen molar-refractivity contribution in [3.05, 3.63) is 83.7 Å². The molecular weight excluding hydrogens is 442 g/mol. The summed E-state index contributed by atoms with van der Waals surface area (Å²) in [5.41, 5.74) is 3.88. The highest BCUT2D eigenvalue weighted by atomic mass is 16.5. The molecule has 2 fully saturated rings. The van der Waals surface area contributed by atoms with Gasteiger partial charge in [0.15, 0.2) is 0 Å². The lowest BCUT2D eigenvalue weighted by Crippen LogP contribution is -2.35. The van der Waals surface area contributed by atoms with Gasteiger partial charge in [-0.3, -0.25) is 0 Å². The molecule has 3 atom stereocenters. The first-order valence-electron chi connectivity index (χ1n) is 13.9. The van der Waals surface area contributed by atoms with Gasteiger partial charge in [0, 0.05) is 23.6 Å². The molecule has 0 spiro atoms. The van der Waals surface area contributed by atoms with Gasteiger partial charge in [0.1, 0.15) is 0 Å². The molecule has 36 heavy (non-hydrogen) atoms. The van der Waals surface area contributed by atoms with Crippen molar-refractivity contribution >= 4 is 10.8 Å². The van der Waals surface area contributed by atoms with Gasteiger partial charge in [0.25, 0.3) is 0 Å². The Balaban J connectivity index is 1.11. The first kappa shape index (κ1) is 23.4. The van der Waals surface area contributed by atoms with Gasteiger partial charge in [0.05, 0.1) is 0 Å². The van der Waals surface area contributed by atoms with Crippen molar-refractivity contribution in [3.63, 3.8) is 0 Å². The van der Waals surface area contributed by atoms with E-state index in [1.165, 1.54) is 79.7 Å². The maximum atomic E-state index is 5.65. The molecule has 2 aliphatic rings. The predicted octanol–water partition coefficient (Wildman–Crippen LogP) is 8.31. The zero-order chi connectivity index (χ0) is 24.3. The molecule has 4 heteroatoms. The van der Waals surface area contributed by atoms with E-state index in [0.29, 0.717) is 23.9 Å². The molecule has 0 radical (unpaired) electrons. The molecule has 4 aromatic rings. The maximum Gasteiger partial charge on any atom is 0.230 e. The molecule has 4 nitrogen and oxygen atoms in total. The SMILES string of the molecule is C[C@@H](NC1CCCC(c2ccc(-c3noc(C4CCCCC4)n3)cc2)C1)c1cccc2ccccc12. The monoisotopic (exact) mass is 479 g/mol. The van der Waals surface area contributed by atoms with Crippen LogP contribution in [0.1, 0.15) is 99.6 Å². The van der Waals surface area contributed by atoms with Crippen LogP contribution in [0.4, 0.5) is 0 Å². The summed E-state index contributed by atoms with van der Waals surface area (Å²) in [7, 11) is 0. The van der Waals surface area contributed by atoms with Crippen molar-refractivity contribution < 1.29 is 4.52 Å². The minimum atomic E-state index is 0.332. The third-order valence-corrected chi connectivity index (χ3v) is 8.49. The van der Waals surface area contributed by atoms with Gasteiger partial charge < -0.3 is 9.84 Å². The molecule has 2 unspecified atom stereocenters. The van der Waals surface area contributed by atoms with Crippen LogP contribution in [0.2, 0.25) is 0 Å². The first-order valence-corrected chi connectivity index (χ1v) is 13.9. The summed E-state index contributed by atoms with van der Waals surface area (Å²) >= 11 is 0. The van der Waals surface area contributed by atoms with Gasteiger partial charge in [-0.1, -0.05) is 97.6 Å². The largest absolute Gasteiger partial charge is 0.339 e. The topological polar surface area (TPSA) is 51.0 Å². The second-order valence-corrected chi connectivity index (χ2v) is 10.9. The van der Waals surface area contributed by atoms with E-state index < -0.39 is 0 Å². The van der Waals surface area contributed by atoms with Gasteiger partial charge in [0.2, 0.25) is 11.7 Å². The van der Waals surface area contributed by atoms with Crippen LogP contribution < -0.4 is 5.32 Å². The smallest absolute Gasteiger partial charge is 0.230 e. The minimum absolute atomic E-state index is 0.332. The van der Waals surface area contributed by atoms with E-state index in [1.807, 2.05) is 0 Å². The van der Waals surface area contributed by atoms with Crippen LogP contribution >= 0.6 is 0 Å². The number of rotatable bonds is 6. The van der Waals surface area contributed by atoms with Gasteiger partial charge in [-0.25, -0.2) is 0 Å². The zero-order valence-corrected chi connectivity index (χ0v) is 21.3. The lowest BCUT2D eigenvalue weighted by atomic mass is 9.80. The van der Waals surface area contributed by atoms with Gasteiger partial charge in [-0.2, -0.15) is 4.98 Å². The Morgan fingerprint density at radius 1 is 0.806 bits per heavy atom. The molecule has 1 heterocycles. The molecule has 186 valence electrons. The summed E-state index contributed by atoms with van der Waals surface area (Å²) in [6.07, 6.45) is 11.2. The average Bonchev–Trinajstić information content (AvgIpc) is 3.44. The number of hydrogen-bond donors (Lipinski definition) is 1. The quantitative estimate of drug-likeness (QED) is 0.302. The zero-order valence-electron chi connectivity index (χ0n) is 21.3. The van der Waals surface area contributed by atoms with E-state index in [-0.39, 0.29) is 0 Å². The van der Waals surface area contributed by atoms with Crippen LogP contribution in [-0.4, -0.2) is 16.2 Å². The fourth-order valence-corrected chi connectivity index (χ4v) is 6.49. The fraction of sp³-hybridized carbons (Fsp3) is 0.438. The molecule has 2 saturated carbocycles. The van der Waals surface area contributed by atoms with Crippen LogP contribution in [0.3, 0.4) is 0 Å². The predicted molar refractivity (Wildman–Crippen MR) is 146 cm³/mol. The number of hydrogen-bond acceptors (Lipinski definition) is 4. The Morgan fingerprint density at radius 3 is 2.44 bits per heavy atom. The molecular formula is C32H37N3O. The van der Waals surface area contributed by atoms with Crippen molar-refractivity contribution in [3.8, 4) is 11.4 Å². The summed E-state index contributed by atoms with van der Waals surface area (Å²) in [6, 6.07) is 25.2. The van der Waals surface area contributed by atoms with Gasteiger partial charge in [-0.15, -0.1) is 0 Å². The fourth-order valence-electron chi connectivity index (χ4n) is 6.49. The molecule has 0 aliphatic heterocycles. The molecule has 1 aromatic heterocycles. The van der Waals surface area contributed by atoms with E-state index in [4.69, 9.17) is 9.51 Å². The van der Waals surface area contributed by atoms with Crippen LogP contribution in [-0.2, 0) is 0 Å². The Morgan fingerprint density at radius 2 is 1.58 bits per heavy atom. The second kappa shape index (κ2) is 10.6. The van der Waals surface area contributed by atoms with E-state index in [2.05, 4.69) is 84.1 Å². The normalized spacial score (nSPS) is 22.0. The number of fused-ring (bicyclic) bond motifs is 1. The first-order chi connectivity index (χ1) is 17.7. The molecule has 0 saturated heterocycles. The Hall–Kier alpha value is -2.98. The summed E-state index contributed by atoms with van der Waals surface area (Å²) in [4.78, 5) is 4.75. The van der Waals surface area contributed by atoms with Crippen molar-refractivity contribution in [1.29, 1.82) is 0 Å². The molecule has 2 aliphatic carbocycles. The molecule has 1 N–H and O–H groups in total. The van der Waals surface area contributed by atoms with Crippen LogP contribution in [0.15, 0.2) is 71.3 Å². The van der Waals surface area contributed by atoms with E-state index in [1.54, 1.807) is 0 Å². The van der Waals surface area contributed by atoms with Crippen LogP contribution in [0.25, 0.3) is 22.2 Å². The summed E-state index contributed by atoms with van der Waals surface area (Å²) in [6.45, 7) is 2.31. The van der Waals surface area contributed by atoms with Gasteiger partial charge >= 0.3 is 0 Å². The Labute approximate surface area is 214 Å². The molecule has 0 bridgehead atoms. The van der Waals surface area contributed by atoms with Crippen LogP contribution in [0.5, 0.6) is 0 Å². The molecule has 0 amide bonds. The van der Waals surface area contributed by atoms with E-state index in [9.17, 15) is 0 Å². The third-order valence-electron chi connectivity index (χ3n) is 8.49. The lowest BCUT2D eigenvalue weighted by Gasteiger charge is -2.32. The summed E-state index contributed by atoms with van der Waals surface area (Å²) in [5.74, 6) is 2.60. The van der Waals surface area contributed by atoms with E-state index >= 15 is 0 Å². The Bertz CT molecular complexity index is 1280. The van der Waals surface area contributed by atoms with Crippen LogP contribution in [0, 0.1) is 0 Å². The number of aromatic nitrogens is 2. The number of benzene rings is 3. The van der Waals surface area contributed by atoms with Crippen molar-refractivity contribution in [2.45, 2.75) is 88.6 Å². The standard InChI is InChI=1S/C32H37N3O/c1-22(29-16-8-12-24-9-5-6-15-30(24)29)33-28-14-7-13-27(21-28)23-17-19-25(20-18-23)31-34-32(36-35-31)26-10-3-2-4-11-26/h5-6,8-9,12,15-20,22,26-28,33H,2-4,7,10-11,13-14,21H2,1H3/t22-,27?,28?/m1/s1. The minimum Gasteiger partial charge on any atom is -0.339 e. The maximum absolute atomic E-state index is 5.65. The number of nitrogens with one attached hydrogen (secondary N) is 1. The second-order valence-electron chi connectivity index (χ2n) is 10.9. The van der Waals surface area contributed by atoms with Crippen molar-refractivity contribution in [2.75, 3.05) is 0 Å². The highest BCUT2D eigenvalue weighted by Crippen LogP contribution is 2.36. The average molecular weight is 480 g/mol. The molecule has 3 aromatic carbocycles. The highest BCUT2D eigenvalue weighted by Gasteiger charge is 2.26. The Kier molecular flexibility index (Phi) is 6.87.